The van der Waals surface area contributed by atoms with E-state index in [1.165, 1.54) is 22.5 Å². The van der Waals surface area contributed by atoms with Crippen LogP contribution in [0, 0.1) is 6.92 Å². The minimum absolute atomic E-state index is 0.201. The molecule has 0 bridgehead atoms. The molecule has 152 valence electrons. The topological polar surface area (TPSA) is 66.5 Å². The lowest BCUT2D eigenvalue weighted by molar-refractivity contribution is -0.111. The fourth-order valence-corrected chi connectivity index (χ4v) is 4.93. The fourth-order valence-electron chi connectivity index (χ4n) is 3.43. The summed E-state index contributed by atoms with van der Waals surface area (Å²) in [4.78, 5) is 12.4. The maximum atomic E-state index is 13.0. The maximum absolute atomic E-state index is 13.0. The molecule has 1 aliphatic rings. The van der Waals surface area contributed by atoms with Gasteiger partial charge in [-0.3, -0.25) is 9.10 Å². The van der Waals surface area contributed by atoms with Crippen molar-refractivity contribution in [1.29, 1.82) is 0 Å². The molecule has 0 aromatic heterocycles. The third-order valence-corrected chi connectivity index (χ3v) is 6.89. The lowest BCUT2D eigenvalue weighted by Gasteiger charge is -2.19. The van der Waals surface area contributed by atoms with Gasteiger partial charge in [0, 0.05) is 18.3 Å². The zero-order chi connectivity index (χ0) is 21.1. The van der Waals surface area contributed by atoms with Gasteiger partial charge in [-0.1, -0.05) is 48.0 Å². The van der Waals surface area contributed by atoms with Crippen molar-refractivity contribution in [3.8, 4) is 0 Å². The number of nitrogens with zero attached hydrogens (tertiary/aromatic N) is 1. The number of fused-ring (bicyclic) bond motifs is 1. The number of hydrogen-bond donors (Lipinski definition) is 1. The molecule has 0 fully saturated rings. The highest BCUT2D eigenvalue weighted by Gasteiger charge is 2.30. The number of anilines is 2. The van der Waals surface area contributed by atoms with Gasteiger partial charge in [0.25, 0.3) is 10.0 Å². The monoisotopic (exact) mass is 418 g/mol. The number of carbonyl (C=O) groups is 1. The summed E-state index contributed by atoms with van der Waals surface area (Å²) in [6, 6.07) is 21.6. The number of aryl methyl sites for hydroxylation is 1. The minimum Gasteiger partial charge on any atom is -0.323 e. The predicted octanol–water partition coefficient (Wildman–Crippen LogP) is 4.40. The smallest absolute Gasteiger partial charge is 0.264 e. The Balaban J connectivity index is 1.45. The van der Waals surface area contributed by atoms with Crippen molar-refractivity contribution in [3.63, 3.8) is 0 Å². The lowest BCUT2D eigenvalue weighted by Crippen LogP contribution is -2.29. The van der Waals surface area contributed by atoms with Gasteiger partial charge in [0.15, 0.2) is 0 Å². The van der Waals surface area contributed by atoms with E-state index in [1.54, 1.807) is 18.2 Å². The molecule has 1 N–H and O–H groups in total. The first kappa shape index (κ1) is 19.9. The number of para-hydroxylation sites is 1. The van der Waals surface area contributed by atoms with Gasteiger partial charge in [0.2, 0.25) is 5.91 Å². The molecule has 0 saturated heterocycles. The summed E-state index contributed by atoms with van der Waals surface area (Å²) in [6.07, 6.45) is 3.89. The zero-order valence-corrected chi connectivity index (χ0v) is 17.4. The van der Waals surface area contributed by atoms with Crippen molar-refractivity contribution in [2.24, 2.45) is 0 Å². The van der Waals surface area contributed by atoms with Crippen LogP contribution in [-0.2, 0) is 21.2 Å². The summed E-state index contributed by atoms with van der Waals surface area (Å²) in [7, 11) is -3.64. The molecule has 3 aromatic rings. The van der Waals surface area contributed by atoms with Gasteiger partial charge in [0.1, 0.15) is 0 Å². The molecule has 0 atom stereocenters. The van der Waals surface area contributed by atoms with Crippen LogP contribution in [0.15, 0.2) is 83.8 Å². The predicted molar refractivity (Wildman–Crippen MR) is 120 cm³/mol. The fraction of sp³-hybridized carbons (Fsp3) is 0.125. The molecule has 0 saturated carbocycles. The number of nitrogens with one attached hydrogen (secondary N) is 1. The van der Waals surface area contributed by atoms with E-state index in [9.17, 15) is 13.2 Å². The molecular weight excluding hydrogens is 396 g/mol. The summed E-state index contributed by atoms with van der Waals surface area (Å²) in [5, 5.41) is 2.75. The van der Waals surface area contributed by atoms with Crippen LogP contribution in [0.3, 0.4) is 0 Å². The Kier molecular flexibility index (Phi) is 5.42. The van der Waals surface area contributed by atoms with Crippen molar-refractivity contribution in [1.82, 2.24) is 0 Å². The summed E-state index contributed by atoms with van der Waals surface area (Å²) < 4.78 is 27.5. The van der Waals surface area contributed by atoms with Gasteiger partial charge < -0.3 is 5.32 Å². The Morgan fingerprint density at radius 2 is 1.67 bits per heavy atom. The Morgan fingerprint density at radius 3 is 2.40 bits per heavy atom. The number of amides is 1. The minimum atomic E-state index is -3.64. The first-order valence-corrected chi connectivity index (χ1v) is 11.1. The second-order valence-electron chi connectivity index (χ2n) is 7.21. The Bertz CT molecular complexity index is 1200. The molecule has 6 heteroatoms. The summed E-state index contributed by atoms with van der Waals surface area (Å²) in [5.41, 5.74) is 4.39. The zero-order valence-electron chi connectivity index (χ0n) is 16.6. The highest BCUT2D eigenvalue weighted by Crippen LogP contribution is 2.32. The maximum Gasteiger partial charge on any atom is 0.264 e. The van der Waals surface area contributed by atoms with E-state index in [-0.39, 0.29) is 10.8 Å². The van der Waals surface area contributed by atoms with Crippen molar-refractivity contribution in [2.75, 3.05) is 16.2 Å². The van der Waals surface area contributed by atoms with Crippen LogP contribution < -0.4 is 9.62 Å². The van der Waals surface area contributed by atoms with Gasteiger partial charge in [-0.2, -0.15) is 0 Å². The first-order valence-electron chi connectivity index (χ1n) is 9.70. The quantitative estimate of drug-likeness (QED) is 0.625. The van der Waals surface area contributed by atoms with Crippen LogP contribution in [0.25, 0.3) is 6.08 Å². The molecule has 1 heterocycles. The second-order valence-corrected chi connectivity index (χ2v) is 9.08. The SMILES string of the molecule is Cc1ccc(C=CC(=O)Nc2ccc(S(=O)(=O)N3CCc4ccccc43)cc2)cc1. The van der Waals surface area contributed by atoms with Gasteiger partial charge >= 0.3 is 0 Å². The molecule has 1 amide bonds. The highest BCUT2D eigenvalue weighted by molar-refractivity contribution is 7.92. The third kappa shape index (κ3) is 4.14. The van der Waals surface area contributed by atoms with Crippen LogP contribution in [0.4, 0.5) is 11.4 Å². The average Bonchev–Trinajstić information content (AvgIpc) is 3.19. The Labute approximate surface area is 176 Å². The molecule has 1 aliphatic heterocycles. The van der Waals surface area contributed by atoms with Gasteiger partial charge in [0.05, 0.1) is 10.6 Å². The van der Waals surface area contributed by atoms with Crippen LogP contribution in [0.5, 0.6) is 0 Å². The van der Waals surface area contributed by atoms with E-state index in [2.05, 4.69) is 5.32 Å². The summed E-state index contributed by atoms with van der Waals surface area (Å²) in [5.74, 6) is -0.278. The van der Waals surface area contributed by atoms with Crippen LogP contribution in [-0.4, -0.2) is 20.9 Å². The number of rotatable bonds is 5. The average molecular weight is 419 g/mol. The molecule has 30 heavy (non-hydrogen) atoms. The first-order chi connectivity index (χ1) is 14.4. The molecule has 0 radical (unpaired) electrons. The van der Waals surface area contributed by atoms with Gasteiger partial charge in [-0.25, -0.2) is 8.42 Å². The van der Waals surface area contributed by atoms with Crippen molar-refractivity contribution >= 4 is 33.4 Å². The van der Waals surface area contributed by atoms with E-state index < -0.39 is 10.0 Å². The number of carbonyl (C=O) groups excluding carboxylic acids is 1. The highest BCUT2D eigenvalue weighted by atomic mass is 32.2. The van der Waals surface area contributed by atoms with Crippen LogP contribution in [0.2, 0.25) is 0 Å². The van der Waals surface area contributed by atoms with Crippen molar-refractivity contribution in [3.05, 3.63) is 95.6 Å². The van der Waals surface area contributed by atoms with E-state index in [0.29, 0.717) is 18.7 Å². The van der Waals surface area contributed by atoms with Crippen LogP contribution >= 0.6 is 0 Å². The lowest BCUT2D eigenvalue weighted by atomic mass is 10.1. The Morgan fingerprint density at radius 1 is 0.967 bits per heavy atom. The summed E-state index contributed by atoms with van der Waals surface area (Å²) >= 11 is 0. The summed E-state index contributed by atoms with van der Waals surface area (Å²) in [6.45, 7) is 2.44. The normalized spacial score (nSPS) is 13.4. The molecular formula is C24H22N2O3S. The molecule has 0 unspecified atom stereocenters. The molecule has 4 rings (SSSR count). The standard InChI is InChI=1S/C24H22N2O3S/c1-18-6-8-19(9-7-18)10-15-24(27)25-21-11-13-22(14-12-21)30(28,29)26-17-16-20-4-2-3-5-23(20)26/h2-15H,16-17H2,1H3,(H,25,27). The van der Waals surface area contributed by atoms with Crippen LogP contribution in [0.1, 0.15) is 16.7 Å². The number of hydrogen-bond acceptors (Lipinski definition) is 3. The second kappa shape index (κ2) is 8.16. The van der Waals surface area contributed by atoms with Gasteiger partial charge in [-0.05, 0) is 60.9 Å². The van der Waals surface area contributed by atoms with Crippen molar-refractivity contribution in [2.45, 2.75) is 18.2 Å². The number of benzene rings is 3. The molecule has 0 spiro atoms. The molecule has 5 nitrogen and oxygen atoms in total. The molecule has 3 aromatic carbocycles. The van der Waals surface area contributed by atoms with E-state index in [4.69, 9.17) is 0 Å². The Hall–Kier alpha value is -3.38. The third-order valence-electron chi connectivity index (χ3n) is 5.06. The molecule has 0 aliphatic carbocycles. The van der Waals surface area contributed by atoms with Crippen molar-refractivity contribution < 1.29 is 13.2 Å². The largest absolute Gasteiger partial charge is 0.323 e. The number of sulfonamides is 1. The van der Waals surface area contributed by atoms with E-state index in [1.807, 2.05) is 55.5 Å². The van der Waals surface area contributed by atoms with E-state index in [0.717, 1.165) is 22.4 Å². The van der Waals surface area contributed by atoms with Gasteiger partial charge in [-0.15, -0.1) is 0 Å². The van der Waals surface area contributed by atoms with E-state index >= 15 is 0 Å².